The Morgan fingerprint density at radius 2 is 1.81 bits per heavy atom. The molecule has 164 valence electrons. The number of benzene rings is 2. The summed E-state index contributed by atoms with van der Waals surface area (Å²) in [4.78, 5) is 2.21. The third-order valence-electron chi connectivity index (χ3n) is 5.73. The van der Waals surface area contributed by atoms with Gasteiger partial charge in [-0.05, 0) is 48.4 Å². The zero-order valence-electron chi connectivity index (χ0n) is 17.5. The molecule has 1 aromatic heterocycles. The Bertz CT molecular complexity index is 1050. The summed E-state index contributed by atoms with van der Waals surface area (Å²) in [6.07, 6.45) is -1.43. The summed E-state index contributed by atoms with van der Waals surface area (Å²) in [5.41, 5.74) is 2.01. The number of nitrogens with zero attached hydrogens (tertiary/aromatic N) is 2. The van der Waals surface area contributed by atoms with Crippen molar-refractivity contribution >= 4 is 0 Å². The number of rotatable bonds is 5. The predicted octanol–water partition coefficient (Wildman–Crippen LogP) is 5.52. The first-order valence-corrected chi connectivity index (χ1v) is 10.2. The number of hydrogen-bond acceptors (Lipinski definition) is 3. The molecule has 1 atom stereocenters. The lowest BCUT2D eigenvalue weighted by Gasteiger charge is -2.32. The van der Waals surface area contributed by atoms with Gasteiger partial charge in [-0.3, -0.25) is 4.90 Å². The number of fused-ring (bicyclic) bond motifs is 1. The second kappa shape index (κ2) is 8.67. The third kappa shape index (κ3) is 4.42. The summed E-state index contributed by atoms with van der Waals surface area (Å²) in [7, 11) is 3.24. The van der Waals surface area contributed by atoms with Crippen molar-refractivity contribution in [2.45, 2.75) is 31.7 Å². The maximum absolute atomic E-state index is 13.2. The Kier molecular flexibility index (Phi) is 5.96. The van der Waals surface area contributed by atoms with Gasteiger partial charge in [-0.15, -0.1) is 0 Å². The van der Waals surface area contributed by atoms with Crippen LogP contribution in [0.5, 0.6) is 11.5 Å². The van der Waals surface area contributed by atoms with Gasteiger partial charge >= 0.3 is 6.18 Å². The van der Waals surface area contributed by atoms with Gasteiger partial charge in [-0.2, -0.15) is 13.2 Å². The third-order valence-corrected chi connectivity index (χ3v) is 5.73. The quantitative estimate of drug-likeness (QED) is 0.533. The number of ether oxygens (including phenoxy) is 2. The molecule has 7 heteroatoms. The fraction of sp³-hybridized carbons (Fsp3) is 0.333. The van der Waals surface area contributed by atoms with Crippen LogP contribution in [0.15, 0.2) is 60.8 Å². The van der Waals surface area contributed by atoms with Crippen molar-refractivity contribution in [3.63, 3.8) is 0 Å². The molecular formula is C24H25F3N2O2. The minimum absolute atomic E-state index is 0.183. The monoisotopic (exact) mass is 430 g/mol. The van der Waals surface area contributed by atoms with Crippen molar-refractivity contribution < 1.29 is 22.6 Å². The normalized spacial score (nSPS) is 17.1. The summed E-state index contributed by atoms with van der Waals surface area (Å²) >= 11 is 0. The van der Waals surface area contributed by atoms with Gasteiger partial charge in [0.2, 0.25) is 0 Å². The van der Waals surface area contributed by atoms with Crippen LogP contribution in [0.2, 0.25) is 0 Å². The molecule has 31 heavy (non-hydrogen) atoms. The molecule has 0 saturated heterocycles. The molecule has 1 unspecified atom stereocenters. The maximum atomic E-state index is 13.2. The Morgan fingerprint density at radius 1 is 0.968 bits per heavy atom. The van der Waals surface area contributed by atoms with Gasteiger partial charge in [-0.1, -0.05) is 18.2 Å². The van der Waals surface area contributed by atoms with Crippen LogP contribution >= 0.6 is 0 Å². The maximum Gasteiger partial charge on any atom is 0.416 e. The predicted molar refractivity (Wildman–Crippen MR) is 112 cm³/mol. The zero-order chi connectivity index (χ0) is 22.0. The van der Waals surface area contributed by atoms with E-state index in [1.165, 1.54) is 12.1 Å². The molecule has 1 aliphatic rings. The van der Waals surface area contributed by atoms with Crippen LogP contribution in [-0.2, 0) is 19.3 Å². The Hall–Kier alpha value is -2.93. The van der Waals surface area contributed by atoms with Crippen LogP contribution in [0.1, 0.15) is 34.8 Å². The van der Waals surface area contributed by atoms with Gasteiger partial charge in [0.25, 0.3) is 0 Å². The molecule has 0 amide bonds. The van der Waals surface area contributed by atoms with E-state index in [0.717, 1.165) is 42.6 Å². The van der Waals surface area contributed by atoms with E-state index in [9.17, 15) is 13.2 Å². The first-order chi connectivity index (χ1) is 14.9. The molecule has 1 aliphatic heterocycles. The summed E-state index contributed by atoms with van der Waals surface area (Å²) < 4.78 is 53.0. The van der Waals surface area contributed by atoms with Crippen LogP contribution < -0.4 is 9.47 Å². The number of aryl methyl sites for hydroxylation is 1. The summed E-state index contributed by atoms with van der Waals surface area (Å²) in [5.74, 6) is 1.42. The highest BCUT2D eigenvalue weighted by Gasteiger charge is 2.32. The molecule has 3 aromatic rings. The van der Waals surface area contributed by atoms with Crippen molar-refractivity contribution in [2.75, 3.05) is 20.8 Å². The van der Waals surface area contributed by atoms with E-state index in [2.05, 4.69) is 15.5 Å². The number of alkyl halides is 3. The molecule has 0 N–H and O–H groups in total. The molecule has 4 nitrogen and oxygen atoms in total. The average molecular weight is 430 g/mol. The van der Waals surface area contributed by atoms with Crippen LogP contribution in [0, 0.1) is 0 Å². The molecule has 0 bridgehead atoms. The molecule has 0 fully saturated rings. The fourth-order valence-electron chi connectivity index (χ4n) is 4.30. The number of methoxy groups -OCH3 is 2. The average Bonchev–Trinajstić information content (AvgIpc) is 3.14. The van der Waals surface area contributed by atoms with Crippen molar-refractivity contribution in [1.82, 2.24) is 9.47 Å². The lowest BCUT2D eigenvalue weighted by Crippen LogP contribution is -2.30. The minimum Gasteiger partial charge on any atom is -0.497 e. The summed E-state index contributed by atoms with van der Waals surface area (Å²) in [6.45, 7) is 1.98. The van der Waals surface area contributed by atoms with Crippen LogP contribution in [0.25, 0.3) is 0 Å². The van der Waals surface area contributed by atoms with Gasteiger partial charge in [-0.25, -0.2) is 0 Å². The molecular weight excluding hydrogens is 405 g/mol. The van der Waals surface area contributed by atoms with E-state index in [4.69, 9.17) is 9.47 Å². The molecule has 0 radical (unpaired) electrons. The van der Waals surface area contributed by atoms with Gasteiger partial charge in [0.05, 0.1) is 25.8 Å². The zero-order valence-corrected chi connectivity index (χ0v) is 17.5. The number of halogens is 3. The largest absolute Gasteiger partial charge is 0.497 e. The highest BCUT2D eigenvalue weighted by Crippen LogP contribution is 2.39. The standard InChI is InChI=1S/C24H25F3N2O2/c1-30-19-9-10-22(31-2)20(15-19)23-21-8-4-11-28(21)12-5-13-29(23)16-17-6-3-7-18(14-17)24(25,26)27/h3-4,6-11,14-15,23H,5,12-13,16H2,1-2H3. The van der Waals surface area contributed by atoms with Crippen molar-refractivity contribution in [2.24, 2.45) is 0 Å². The molecule has 2 aromatic carbocycles. The molecule has 2 heterocycles. The summed E-state index contributed by atoms with van der Waals surface area (Å²) in [6, 6.07) is 15.1. The second-order valence-electron chi connectivity index (χ2n) is 7.66. The van der Waals surface area contributed by atoms with Crippen molar-refractivity contribution in [1.29, 1.82) is 0 Å². The van der Waals surface area contributed by atoms with Crippen molar-refractivity contribution in [3.05, 3.63) is 83.2 Å². The lowest BCUT2D eigenvalue weighted by molar-refractivity contribution is -0.137. The lowest BCUT2D eigenvalue weighted by atomic mass is 9.99. The Labute approximate surface area is 179 Å². The number of aromatic nitrogens is 1. The molecule has 0 aliphatic carbocycles. The fourth-order valence-corrected chi connectivity index (χ4v) is 4.30. The van der Waals surface area contributed by atoms with Crippen LogP contribution in [0.3, 0.4) is 0 Å². The van der Waals surface area contributed by atoms with Crippen molar-refractivity contribution in [3.8, 4) is 11.5 Å². The summed E-state index contributed by atoms with van der Waals surface area (Å²) in [5, 5.41) is 0. The minimum atomic E-state index is -4.36. The first-order valence-electron chi connectivity index (χ1n) is 10.2. The van der Waals surface area contributed by atoms with E-state index in [0.29, 0.717) is 17.9 Å². The Morgan fingerprint density at radius 3 is 2.55 bits per heavy atom. The molecule has 0 saturated carbocycles. The smallest absolute Gasteiger partial charge is 0.416 e. The second-order valence-corrected chi connectivity index (χ2v) is 7.66. The van der Waals surface area contributed by atoms with Crippen LogP contribution in [0.4, 0.5) is 13.2 Å². The number of hydrogen-bond donors (Lipinski definition) is 0. The topological polar surface area (TPSA) is 26.6 Å². The Balaban J connectivity index is 1.78. The molecule has 4 rings (SSSR count). The van der Waals surface area contributed by atoms with Gasteiger partial charge < -0.3 is 14.0 Å². The SMILES string of the molecule is COc1ccc(OC)c(C2c3cccn3CCCN2Cc2cccc(C(F)(F)F)c2)c1. The van der Waals surface area contributed by atoms with Crippen LogP contribution in [-0.4, -0.2) is 30.2 Å². The van der Waals surface area contributed by atoms with Gasteiger partial charge in [0.15, 0.2) is 0 Å². The van der Waals surface area contributed by atoms with E-state index in [1.54, 1.807) is 20.3 Å². The van der Waals surface area contributed by atoms with E-state index < -0.39 is 11.7 Å². The van der Waals surface area contributed by atoms with Gasteiger partial charge in [0.1, 0.15) is 11.5 Å². The highest BCUT2D eigenvalue weighted by molar-refractivity contribution is 5.45. The van der Waals surface area contributed by atoms with E-state index >= 15 is 0 Å². The molecule has 0 spiro atoms. The van der Waals surface area contributed by atoms with Gasteiger partial charge in [0, 0.05) is 37.1 Å². The highest BCUT2D eigenvalue weighted by atomic mass is 19.4. The van der Waals surface area contributed by atoms with E-state index in [-0.39, 0.29) is 6.04 Å². The first kappa shape index (κ1) is 21.3. The van der Waals surface area contributed by atoms with E-state index in [1.807, 2.05) is 30.5 Å².